The summed E-state index contributed by atoms with van der Waals surface area (Å²) in [6.45, 7) is 5.76. The molecule has 0 aliphatic rings. The van der Waals surface area contributed by atoms with Crippen LogP contribution in [0.3, 0.4) is 0 Å². The molecule has 30 heavy (non-hydrogen) atoms. The third-order valence-corrected chi connectivity index (χ3v) is 6.07. The number of aryl methyl sites for hydroxylation is 3. The lowest BCUT2D eigenvalue weighted by molar-refractivity contribution is 0.0948. The molecule has 0 spiro atoms. The van der Waals surface area contributed by atoms with E-state index in [4.69, 9.17) is 11.6 Å². The van der Waals surface area contributed by atoms with Gasteiger partial charge in [0.05, 0.1) is 16.3 Å². The average Bonchev–Trinajstić information content (AvgIpc) is 3.06. The van der Waals surface area contributed by atoms with Crippen LogP contribution in [0.4, 0.5) is 0 Å². The molecular formula is C20H22ClN5O3S. The third-order valence-electron chi connectivity index (χ3n) is 4.37. The smallest absolute Gasteiger partial charge is 0.273 e. The van der Waals surface area contributed by atoms with E-state index in [1.54, 1.807) is 19.1 Å². The first-order valence-electron chi connectivity index (χ1n) is 9.22. The van der Waals surface area contributed by atoms with Crippen LogP contribution in [0.1, 0.15) is 27.3 Å². The first-order valence-corrected chi connectivity index (χ1v) is 11.1. The average molecular weight is 448 g/mol. The fourth-order valence-corrected chi connectivity index (χ4v) is 4.22. The molecule has 0 fully saturated rings. The predicted molar refractivity (Wildman–Crippen MR) is 115 cm³/mol. The molecule has 1 heterocycles. The zero-order valence-electron chi connectivity index (χ0n) is 16.8. The van der Waals surface area contributed by atoms with Crippen molar-refractivity contribution in [3.63, 3.8) is 0 Å². The molecular weight excluding hydrogens is 426 g/mol. The van der Waals surface area contributed by atoms with Gasteiger partial charge in [0.1, 0.15) is 0 Å². The minimum Gasteiger partial charge on any atom is -0.349 e. The van der Waals surface area contributed by atoms with Gasteiger partial charge in [-0.3, -0.25) is 4.79 Å². The van der Waals surface area contributed by atoms with Gasteiger partial charge in [0, 0.05) is 18.1 Å². The van der Waals surface area contributed by atoms with Crippen molar-refractivity contribution in [3.8, 4) is 5.69 Å². The first-order chi connectivity index (χ1) is 14.2. The van der Waals surface area contributed by atoms with E-state index >= 15 is 0 Å². The predicted octanol–water partition coefficient (Wildman–Crippen LogP) is 2.55. The van der Waals surface area contributed by atoms with E-state index in [0.29, 0.717) is 10.7 Å². The Morgan fingerprint density at radius 3 is 2.53 bits per heavy atom. The number of carbonyl (C=O) groups is 1. The fraction of sp³-hybridized carbons (Fsp3) is 0.250. The summed E-state index contributed by atoms with van der Waals surface area (Å²) in [6.07, 6.45) is 0. The van der Waals surface area contributed by atoms with Crippen LogP contribution < -0.4 is 10.0 Å². The maximum absolute atomic E-state index is 12.5. The van der Waals surface area contributed by atoms with Crippen LogP contribution in [-0.4, -0.2) is 42.4 Å². The number of carbonyl (C=O) groups excluding carboxylic acids is 1. The topological polar surface area (TPSA) is 106 Å². The van der Waals surface area contributed by atoms with Gasteiger partial charge in [0.25, 0.3) is 5.91 Å². The van der Waals surface area contributed by atoms with Crippen molar-refractivity contribution in [2.24, 2.45) is 0 Å². The number of amides is 1. The van der Waals surface area contributed by atoms with Crippen LogP contribution in [0, 0.1) is 20.8 Å². The second kappa shape index (κ2) is 8.95. The summed E-state index contributed by atoms with van der Waals surface area (Å²) in [7, 11) is -3.71. The van der Waals surface area contributed by atoms with Crippen LogP contribution in [0.2, 0.25) is 5.02 Å². The van der Waals surface area contributed by atoms with Gasteiger partial charge in [-0.2, -0.15) is 9.90 Å². The summed E-state index contributed by atoms with van der Waals surface area (Å²) in [4.78, 5) is 14.0. The number of aromatic nitrogens is 3. The highest BCUT2D eigenvalue weighted by Crippen LogP contribution is 2.16. The SMILES string of the molecule is Cc1ccc(-n2nc(C)c(C(=O)NCCNS(=O)(=O)c3cccc(Cl)c3)n2)c(C)c1. The van der Waals surface area contributed by atoms with Crippen LogP contribution >= 0.6 is 11.6 Å². The van der Waals surface area contributed by atoms with Gasteiger partial charge in [-0.1, -0.05) is 35.4 Å². The van der Waals surface area contributed by atoms with E-state index in [1.807, 2.05) is 32.0 Å². The van der Waals surface area contributed by atoms with Crippen molar-refractivity contribution in [1.29, 1.82) is 0 Å². The Kier molecular flexibility index (Phi) is 6.55. The van der Waals surface area contributed by atoms with Gasteiger partial charge in [-0.05, 0) is 50.6 Å². The number of hydrogen-bond donors (Lipinski definition) is 2. The maximum Gasteiger partial charge on any atom is 0.273 e. The highest BCUT2D eigenvalue weighted by atomic mass is 35.5. The van der Waals surface area contributed by atoms with Gasteiger partial charge >= 0.3 is 0 Å². The molecule has 2 aromatic carbocycles. The molecule has 0 unspecified atom stereocenters. The van der Waals surface area contributed by atoms with Crippen LogP contribution in [0.15, 0.2) is 47.4 Å². The van der Waals surface area contributed by atoms with Crippen LogP contribution in [-0.2, 0) is 10.0 Å². The Morgan fingerprint density at radius 2 is 1.83 bits per heavy atom. The monoisotopic (exact) mass is 447 g/mol. The zero-order chi connectivity index (χ0) is 21.9. The maximum atomic E-state index is 12.5. The summed E-state index contributed by atoms with van der Waals surface area (Å²) >= 11 is 5.84. The van der Waals surface area contributed by atoms with E-state index in [-0.39, 0.29) is 23.7 Å². The summed E-state index contributed by atoms with van der Waals surface area (Å²) in [6, 6.07) is 11.8. The number of halogens is 1. The Hall–Kier alpha value is -2.75. The molecule has 158 valence electrons. The second-order valence-corrected chi connectivity index (χ2v) is 9.03. The van der Waals surface area contributed by atoms with Gasteiger partial charge in [-0.15, -0.1) is 5.10 Å². The molecule has 0 atom stereocenters. The summed E-state index contributed by atoms with van der Waals surface area (Å²) in [5.41, 5.74) is 3.57. The molecule has 2 N–H and O–H groups in total. The molecule has 10 heteroatoms. The largest absolute Gasteiger partial charge is 0.349 e. The first kappa shape index (κ1) is 21.9. The molecule has 0 bridgehead atoms. The van der Waals surface area contributed by atoms with Crippen molar-refractivity contribution < 1.29 is 13.2 Å². The standard InChI is InChI=1S/C20H22ClN5O3S/c1-13-7-8-18(14(2)11-13)26-24-15(3)19(25-26)20(27)22-9-10-23-30(28,29)17-6-4-5-16(21)12-17/h4-8,11-12,23H,9-10H2,1-3H3,(H,22,27). The van der Waals surface area contributed by atoms with E-state index in [9.17, 15) is 13.2 Å². The quantitative estimate of drug-likeness (QED) is 0.541. The van der Waals surface area contributed by atoms with E-state index < -0.39 is 15.9 Å². The number of benzene rings is 2. The highest BCUT2D eigenvalue weighted by Gasteiger charge is 2.18. The highest BCUT2D eigenvalue weighted by molar-refractivity contribution is 7.89. The molecule has 8 nitrogen and oxygen atoms in total. The molecule has 1 aromatic heterocycles. The molecule has 0 aliphatic heterocycles. The number of nitrogens with zero attached hydrogens (tertiary/aromatic N) is 3. The van der Waals surface area contributed by atoms with Gasteiger partial charge < -0.3 is 5.32 Å². The molecule has 1 amide bonds. The van der Waals surface area contributed by atoms with Crippen molar-refractivity contribution in [1.82, 2.24) is 25.0 Å². The van der Waals surface area contributed by atoms with Crippen molar-refractivity contribution in [3.05, 3.63) is 70.0 Å². The lowest BCUT2D eigenvalue weighted by atomic mass is 10.1. The van der Waals surface area contributed by atoms with E-state index in [2.05, 4.69) is 20.2 Å². The lowest BCUT2D eigenvalue weighted by Gasteiger charge is -2.08. The third kappa shape index (κ3) is 5.05. The van der Waals surface area contributed by atoms with E-state index in [0.717, 1.165) is 16.8 Å². The molecule has 0 aliphatic carbocycles. The number of sulfonamides is 1. The van der Waals surface area contributed by atoms with Crippen molar-refractivity contribution in [2.75, 3.05) is 13.1 Å². The molecule has 3 rings (SSSR count). The van der Waals surface area contributed by atoms with E-state index in [1.165, 1.54) is 16.9 Å². The second-order valence-electron chi connectivity index (χ2n) is 6.82. The molecule has 0 saturated heterocycles. The van der Waals surface area contributed by atoms with Crippen molar-refractivity contribution >= 4 is 27.5 Å². The minimum absolute atomic E-state index is 0.0187. The molecule has 0 radical (unpaired) electrons. The number of hydrogen-bond acceptors (Lipinski definition) is 5. The van der Waals surface area contributed by atoms with Gasteiger partial charge in [-0.25, -0.2) is 13.1 Å². The summed E-state index contributed by atoms with van der Waals surface area (Å²) in [5.74, 6) is -0.425. The summed E-state index contributed by atoms with van der Waals surface area (Å²) in [5, 5.41) is 11.6. The minimum atomic E-state index is -3.71. The molecule has 3 aromatic rings. The Morgan fingerprint density at radius 1 is 1.07 bits per heavy atom. The summed E-state index contributed by atoms with van der Waals surface area (Å²) < 4.78 is 26.9. The van der Waals surface area contributed by atoms with Crippen LogP contribution in [0.25, 0.3) is 5.69 Å². The Balaban J connectivity index is 1.61. The lowest BCUT2D eigenvalue weighted by Crippen LogP contribution is -2.35. The normalized spacial score (nSPS) is 11.5. The zero-order valence-corrected chi connectivity index (χ0v) is 18.4. The number of nitrogens with one attached hydrogen (secondary N) is 2. The van der Waals surface area contributed by atoms with Gasteiger partial charge in [0.2, 0.25) is 10.0 Å². The molecule has 0 saturated carbocycles. The Labute approximate surface area is 180 Å². The van der Waals surface area contributed by atoms with Crippen molar-refractivity contribution in [2.45, 2.75) is 25.7 Å². The Bertz CT molecular complexity index is 1190. The van der Waals surface area contributed by atoms with Gasteiger partial charge in [0.15, 0.2) is 5.69 Å². The fourth-order valence-electron chi connectivity index (χ4n) is 2.89. The number of rotatable bonds is 7. The van der Waals surface area contributed by atoms with Crippen LogP contribution in [0.5, 0.6) is 0 Å².